The molecule has 0 bridgehead atoms. The van der Waals surface area contributed by atoms with Crippen molar-refractivity contribution in [2.75, 3.05) is 0 Å². The molecule has 5 aromatic rings. The van der Waals surface area contributed by atoms with Crippen LogP contribution >= 0.6 is 0 Å². The third-order valence-corrected chi connectivity index (χ3v) is 11.7. The number of allylic oxidation sites excluding steroid dienone is 2. The predicted octanol–water partition coefficient (Wildman–Crippen LogP) is 13.5. The minimum absolute atomic E-state index is 0. The van der Waals surface area contributed by atoms with Gasteiger partial charge in [-0.05, 0) is 99.6 Å². The van der Waals surface area contributed by atoms with E-state index in [2.05, 4.69) is 115 Å². The van der Waals surface area contributed by atoms with Crippen molar-refractivity contribution < 1.29 is 30.0 Å². The zero-order valence-electron chi connectivity index (χ0n) is 33.5. The van der Waals surface area contributed by atoms with Gasteiger partial charge in [0, 0.05) is 49.9 Å². The number of hydrogen-bond donors (Lipinski definition) is 1. The van der Waals surface area contributed by atoms with E-state index in [1.165, 1.54) is 62.5 Å². The molecule has 0 unspecified atom stereocenters. The van der Waals surface area contributed by atoms with Crippen LogP contribution in [-0.4, -0.2) is 15.9 Å². The van der Waals surface area contributed by atoms with Crippen molar-refractivity contribution >= 4 is 38.1 Å². The number of aliphatic hydroxyl groups excluding tert-OH is 1. The number of pyridine rings is 1. The van der Waals surface area contributed by atoms with Crippen molar-refractivity contribution in [2.45, 2.75) is 131 Å². The fourth-order valence-electron chi connectivity index (χ4n) is 8.02. The average Bonchev–Trinajstić information content (AvgIpc) is 3.10. The van der Waals surface area contributed by atoms with Crippen LogP contribution < -0.4 is 0 Å². The van der Waals surface area contributed by atoms with Gasteiger partial charge in [0.15, 0.2) is 5.78 Å². The monoisotopic (exact) mass is 875 g/mol. The molecule has 1 N–H and O–H groups in total. The van der Waals surface area contributed by atoms with E-state index >= 15 is 0 Å². The first-order valence-electron chi connectivity index (χ1n) is 19.3. The largest absolute Gasteiger partial charge is 0.512 e. The average molecular weight is 875 g/mol. The van der Waals surface area contributed by atoms with Crippen molar-refractivity contribution in [1.29, 1.82) is 0 Å². The standard InChI is InChI=1S/C35H36N.C13H24O2.Ir/c1-33(2,3)29-20-24(18-22-10-8-9-11-25(22)29)32-27-13-12-23-19-30-31(21-28(23)26(27)14-17-36-32)35(6,7)16-15-34(30,4)5;1-5-10(6-2)12(14)9-13(15)11(7-3)8-4;/h8-14,17,19-21H,15-16H2,1-7H3;9-11,14H,5-8H2,1-4H3;/q-1;;/b;12-9-;. The topological polar surface area (TPSA) is 50.2 Å². The number of carbonyl (C=O) groups is 1. The summed E-state index contributed by atoms with van der Waals surface area (Å²) in [6, 6.07) is 26.3. The number of rotatable bonds is 8. The SMILES string of the molecule is CC(C)(C)c1cc(-c2nccc3c2ccc2cc4c(cc23)C(C)(C)CCC4(C)C)[c-]c2ccccc12.CCC(CC)C(=O)/C=C(\O)C(CC)CC.[Ir]. The Balaban J connectivity index is 0.000000323. The smallest absolute Gasteiger partial charge is 0.162 e. The van der Waals surface area contributed by atoms with Crippen LogP contribution in [0.1, 0.15) is 131 Å². The number of carbonyl (C=O) groups excluding carboxylic acids is 1. The fourth-order valence-corrected chi connectivity index (χ4v) is 8.02. The van der Waals surface area contributed by atoms with Crippen LogP contribution in [0.5, 0.6) is 0 Å². The van der Waals surface area contributed by atoms with Gasteiger partial charge in [-0.15, -0.1) is 29.1 Å². The van der Waals surface area contributed by atoms with Gasteiger partial charge in [0.05, 0.1) is 5.76 Å². The Kier molecular flexibility index (Phi) is 13.0. The number of nitrogens with zero attached hydrogens (tertiary/aromatic N) is 1. The Morgan fingerprint density at radius 1 is 0.788 bits per heavy atom. The first kappa shape index (κ1) is 41.4. The molecule has 1 heterocycles. The van der Waals surface area contributed by atoms with E-state index in [-0.39, 0.29) is 59.7 Å². The normalized spacial score (nSPS) is 15.4. The molecule has 0 spiro atoms. The van der Waals surface area contributed by atoms with Crippen LogP contribution in [0, 0.1) is 17.9 Å². The second kappa shape index (κ2) is 16.4. The van der Waals surface area contributed by atoms with Crippen LogP contribution in [0.25, 0.3) is 43.6 Å². The molecule has 1 aliphatic rings. The molecule has 4 heteroatoms. The number of aliphatic hydroxyl groups is 1. The van der Waals surface area contributed by atoms with E-state index in [1.807, 2.05) is 33.9 Å². The van der Waals surface area contributed by atoms with E-state index in [9.17, 15) is 9.90 Å². The zero-order valence-corrected chi connectivity index (χ0v) is 35.9. The number of fused-ring (bicyclic) bond motifs is 5. The molecule has 6 rings (SSSR count). The van der Waals surface area contributed by atoms with Crippen LogP contribution in [0.3, 0.4) is 0 Å². The Hall–Kier alpha value is -3.33. The molecule has 1 aromatic heterocycles. The van der Waals surface area contributed by atoms with Gasteiger partial charge in [-0.1, -0.05) is 124 Å². The molecule has 52 heavy (non-hydrogen) atoms. The maximum Gasteiger partial charge on any atom is 0.162 e. The molecular formula is C48H60IrNO2-. The molecule has 3 nitrogen and oxygen atoms in total. The molecular weight excluding hydrogens is 815 g/mol. The third kappa shape index (κ3) is 8.40. The molecule has 0 atom stereocenters. The van der Waals surface area contributed by atoms with Gasteiger partial charge in [0.1, 0.15) is 0 Å². The van der Waals surface area contributed by atoms with Gasteiger partial charge in [0.2, 0.25) is 0 Å². The molecule has 0 saturated carbocycles. The maximum absolute atomic E-state index is 11.7. The summed E-state index contributed by atoms with van der Waals surface area (Å²) < 4.78 is 0. The first-order chi connectivity index (χ1) is 24.1. The summed E-state index contributed by atoms with van der Waals surface area (Å²) in [5, 5.41) is 17.3. The van der Waals surface area contributed by atoms with Gasteiger partial charge in [0.25, 0.3) is 0 Å². The summed E-state index contributed by atoms with van der Waals surface area (Å²) in [5.41, 5.74) is 6.86. The summed E-state index contributed by atoms with van der Waals surface area (Å²) >= 11 is 0. The summed E-state index contributed by atoms with van der Waals surface area (Å²) in [6.45, 7) is 24.5. The Labute approximate surface area is 327 Å². The van der Waals surface area contributed by atoms with Crippen LogP contribution in [0.15, 0.2) is 78.7 Å². The third-order valence-electron chi connectivity index (χ3n) is 11.7. The molecule has 0 amide bonds. The number of aromatic nitrogens is 1. The van der Waals surface area contributed by atoms with Crippen molar-refractivity contribution in [3.8, 4) is 11.3 Å². The van der Waals surface area contributed by atoms with E-state index < -0.39 is 0 Å². The van der Waals surface area contributed by atoms with E-state index in [1.54, 1.807) is 0 Å². The zero-order chi connectivity index (χ0) is 37.3. The minimum Gasteiger partial charge on any atom is -0.512 e. The van der Waals surface area contributed by atoms with Crippen molar-refractivity contribution in [1.82, 2.24) is 4.98 Å². The predicted molar refractivity (Wildman–Crippen MR) is 219 cm³/mol. The van der Waals surface area contributed by atoms with E-state index in [0.717, 1.165) is 42.3 Å². The first-order valence-corrected chi connectivity index (χ1v) is 19.3. The molecule has 1 aliphatic carbocycles. The maximum atomic E-state index is 11.7. The van der Waals surface area contributed by atoms with Gasteiger partial charge in [-0.3, -0.25) is 9.78 Å². The molecule has 0 fully saturated rings. The Morgan fingerprint density at radius 2 is 1.38 bits per heavy atom. The fraction of sp³-hybridized carbons (Fsp3) is 0.458. The van der Waals surface area contributed by atoms with Crippen LogP contribution in [0.4, 0.5) is 0 Å². The summed E-state index contributed by atoms with van der Waals surface area (Å²) in [7, 11) is 0. The summed E-state index contributed by atoms with van der Waals surface area (Å²) in [4.78, 5) is 16.6. The summed E-state index contributed by atoms with van der Waals surface area (Å²) in [6.07, 6.45) is 9.33. The van der Waals surface area contributed by atoms with Crippen LogP contribution in [-0.2, 0) is 41.1 Å². The Bertz CT molecular complexity index is 2070. The number of hydrogen-bond acceptors (Lipinski definition) is 3. The van der Waals surface area contributed by atoms with Crippen molar-refractivity contribution in [3.05, 3.63) is 101 Å². The number of benzene rings is 4. The quantitative estimate of drug-likeness (QED) is 0.0731. The van der Waals surface area contributed by atoms with Crippen molar-refractivity contribution in [3.63, 3.8) is 0 Å². The second-order valence-electron chi connectivity index (χ2n) is 17.1. The van der Waals surface area contributed by atoms with Gasteiger partial charge >= 0.3 is 0 Å². The van der Waals surface area contributed by atoms with Gasteiger partial charge in [-0.25, -0.2) is 0 Å². The second-order valence-corrected chi connectivity index (χ2v) is 17.1. The number of ketones is 1. The molecule has 1 radical (unpaired) electrons. The van der Waals surface area contributed by atoms with Gasteiger partial charge < -0.3 is 5.11 Å². The minimum atomic E-state index is 0. The van der Waals surface area contributed by atoms with Crippen LogP contribution in [0.2, 0.25) is 0 Å². The van der Waals surface area contributed by atoms with Crippen molar-refractivity contribution in [2.24, 2.45) is 11.8 Å². The van der Waals surface area contributed by atoms with E-state index in [4.69, 9.17) is 4.98 Å². The molecule has 0 aliphatic heterocycles. The summed E-state index contributed by atoms with van der Waals surface area (Å²) in [5.74, 6) is 0.547. The van der Waals surface area contributed by atoms with E-state index in [0.29, 0.717) is 0 Å². The molecule has 279 valence electrons. The van der Waals surface area contributed by atoms with Gasteiger partial charge in [-0.2, -0.15) is 0 Å². The molecule has 4 aromatic carbocycles. The molecule has 0 saturated heterocycles. The Morgan fingerprint density at radius 3 is 1.98 bits per heavy atom.